The Labute approximate surface area is 101 Å². The highest BCUT2D eigenvalue weighted by molar-refractivity contribution is 5.31. The van der Waals surface area contributed by atoms with Crippen molar-refractivity contribution in [2.24, 2.45) is 17.7 Å². The Kier molecular flexibility index (Phi) is 3.64. The maximum absolute atomic E-state index is 14.0. The molecule has 94 valence electrons. The van der Waals surface area contributed by atoms with Gasteiger partial charge in [0.25, 0.3) is 0 Å². The maximum atomic E-state index is 14.0. The SMILES string of the molecule is COc1cccc(CC(NN)C2CC2C)c1F. The third kappa shape index (κ3) is 2.58. The van der Waals surface area contributed by atoms with E-state index in [-0.39, 0.29) is 11.9 Å². The number of halogens is 1. The van der Waals surface area contributed by atoms with E-state index in [1.54, 1.807) is 18.2 Å². The first-order chi connectivity index (χ1) is 8.17. The highest BCUT2D eigenvalue weighted by Gasteiger charge is 2.39. The van der Waals surface area contributed by atoms with Crippen LogP contribution in [0, 0.1) is 17.7 Å². The lowest BCUT2D eigenvalue weighted by Crippen LogP contribution is -2.39. The monoisotopic (exact) mass is 238 g/mol. The van der Waals surface area contributed by atoms with Crippen molar-refractivity contribution in [2.45, 2.75) is 25.8 Å². The molecule has 0 amide bonds. The van der Waals surface area contributed by atoms with E-state index >= 15 is 0 Å². The highest BCUT2D eigenvalue weighted by Crippen LogP contribution is 2.41. The minimum absolute atomic E-state index is 0.145. The summed E-state index contributed by atoms with van der Waals surface area (Å²) in [6.45, 7) is 2.19. The molecule has 17 heavy (non-hydrogen) atoms. The van der Waals surface area contributed by atoms with Crippen molar-refractivity contribution in [1.29, 1.82) is 0 Å². The fourth-order valence-electron chi connectivity index (χ4n) is 2.35. The summed E-state index contributed by atoms with van der Waals surface area (Å²) in [5.74, 6) is 6.81. The fourth-order valence-corrected chi connectivity index (χ4v) is 2.35. The number of nitrogens with two attached hydrogens (primary N) is 1. The minimum atomic E-state index is -0.274. The molecule has 3 unspecified atom stereocenters. The first kappa shape index (κ1) is 12.3. The molecule has 1 aliphatic carbocycles. The molecule has 0 aromatic heterocycles. The van der Waals surface area contributed by atoms with Gasteiger partial charge in [0, 0.05) is 6.04 Å². The molecule has 1 aliphatic rings. The van der Waals surface area contributed by atoms with Gasteiger partial charge in [-0.2, -0.15) is 0 Å². The molecule has 2 rings (SSSR count). The average molecular weight is 238 g/mol. The van der Waals surface area contributed by atoms with Crippen LogP contribution in [-0.4, -0.2) is 13.2 Å². The van der Waals surface area contributed by atoms with Gasteiger partial charge in [-0.05, 0) is 36.3 Å². The average Bonchev–Trinajstić information content (AvgIpc) is 3.05. The normalized spacial score (nSPS) is 24.5. The molecule has 0 aliphatic heterocycles. The summed E-state index contributed by atoms with van der Waals surface area (Å²) in [5.41, 5.74) is 3.46. The fraction of sp³-hybridized carbons (Fsp3) is 0.538. The second kappa shape index (κ2) is 5.02. The van der Waals surface area contributed by atoms with E-state index in [1.165, 1.54) is 13.5 Å². The van der Waals surface area contributed by atoms with E-state index < -0.39 is 0 Å². The van der Waals surface area contributed by atoms with Gasteiger partial charge in [-0.3, -0.25) is 11.3 Å². The summed E-state index contributed by atoms with van der Waals surface area (Å²) in [7, 11) is 1.48. The minimum Gasteiger partial charge on any atom is -0.494 e. The largest absolute Gasteiger partial charge is 0.494 e. The number of methoxy groups -OCH3 is 1. The van der Waals surface area contributed by atoms with Crippen molar-refractivity contribution < 1.29 is 9.13 Å². The summed E-state index contributed by atoms with van der Waals surface area (Å²) in [5, 5.41) is 0. The molecule has 3 atom stereocenters. The molecule has 1 aromatic rings. The van der Waals surface area contributed by atoms with Crippen LogP contribution in [0.4, 0.5) is 4.39 Å². The molecule has 1 aromatic carbocycles. The molecular formula is C13H19FN2O. The number of rotatable bonds is 5. The van der Waals surface area contributed by atoms with Gasteiger partial charge in [0.2, 0.25) is 0 Å². The van der Waals surface area contributed by atoms with Gasteiger partial charge in [0.15, 0.2) is 11.6 Å². The Balaban J connectivity index is 2.11. The standard InChI is InChI=1S/C13H19FN2O/c1-8-6-10(8)11(16-15)7-9-4-3-5-12(17-2)13(9)14/h3-5,8,10-11,16H,6-7,15H2,1-2H3. The molecule has 3 nitrogen and oxygen atoms in total. The van der Waals surface area contributed by atoms with Gasteiger partial charge >= 0.3 is 0 Å². The summed E-state index contributed by atoms with van der Waals surface area (Å²) in [6, 6.07) is 5.37. The molecule has 4 heteroatoms. The van der Waals surface area contributed by atoms with Crippen LogP contribution in [0.1, 0.15) is 18.9 Å². The Hall–Kier alpha value is -1.13. The second-order valence-electron chi connectivity index (χ2n) is 4.79. The highest BCUT2D eigenvalue weighted by atomic mass is 19.1. The van der Waals surface area contributed by atoms with Crippen LogP contribution in [0.15, 0.2) is 18.2 Å². The van der Waals surface area contributed by atoms with Crippen molar-refractivity contribution >= 4 is 0 Å². The number of benzene rings is 1. The van der Waals surface area contributed by atoms with Gasteiger partial charge in [0.1, 0.15) is 0 Å². The maximum Gasteiger partial charge on any atom is 0.168 e. The number of nitrogens with one attached hydrogen (secondary N) is 1. The van der Waals surface area contributed by atoms with Crippen LogP contribution in [-0.2, 0) is 6.42 Å². The van der Waals surface area contributed by atoms with E-state index in [4.69, 9.17) is 10.6 Å². The van der Waals surface area contributed by atoms with Crippen molar-refractivity contribution in [3.05, 3.63) is 29.6 Å². The van der Waals surface area contributed by atoms with Gasteiger partial charge in [0.05, 0.1) is 7.11 Å². The summed E-state index contributed by atoms with van der Waals surface area (Å²) in [4.78, 5) is 0. The Bertz CT molecular complexity index is 397. The molecule has 0 radical (unpaired) electrons. The summed E-state index contributed by atoms with van der Waals surface area (Å²) < 4.78 is 18.9. The molecule has 1 fully saturated rings. The lowest BCUT2D eigenvalue weighted by molar-refractivity contribution is 0.380. The van der Waals surface area contributed by atoms with Crippen molar-refractivity contribution in [3.63, 3.8) is 0 Å². The smallest absolute Gasteiger partial charge is 0.168 e. The lowest BCUT2D eigenvalue weighted by atomic mass is 10.0. The van der Waals surface area contributed by atoms with E-state index in [1.807, 2.05) is 0 Å². The van der Waals surface area contributed by atoms with Crippen LogP contribution < -0.4 is 16.0 Å². The number of hydrogen-bond donors (Lipinski definition) is 2. The zero-order valence-electron chi connectivity index (χ0n) is 10.2. The zero-order valence-corrected chi connectivity index (χ0v) is 10.2. The van der Waals surface area contributed by atoms with Gasteiger partial charge < -0.3 is 4.74 Å². The predicted octanol–water partition coefficient (Wildman–Crippen LogP) is 1.86. The van der Waals surface area contributed by atoms with Crippen LogP contribution in [0.25, 0.3) is 0 Å². The molecule has 0 spiro atoms. The predicted molar refractivity (Wildman–Crippen MR) is 65.0 cm³/mol. The lowest BCUT2D eigenvalue weighted by Gasteiger charge is -2.16. The van der Waals surface area contributed by atoms with Gasteiger partial charge in [-0.1, -0.05) is 19.1 Å². The quantitative estimate of drug-likeness (QED) is 0.608. The molecule has 0 bridgehead atoms. The van der Waals surface area contributed by atoms with Crippen molar-refractivity contribution in [2.75, 3.05) is 7.11 Å². The zero-order chi connectivity index (χ0) is 12.4. The molecular weight excluding hydrogens is 219 g/mol. The molecule has 3 N–H and O–H groups in total. The Morgan fingerprint density at radius 2 is 2.29 bits per heavy atom. The van der Waals surface area contributed by atoms with Crippen molar-refractivity contribution in [3.8, 4) is 5.75 Å². The van der Waals surface area contributed by atoms with E-state index in [0.717, 1.165) is 0 Å². The van der Waals surface area contributed by atoms with Gasteiger partial charge in [-0.25, -0.2) is 4.39 Å². The molecule has 0 saturated heterocycles. The third-order valence-corrected chi connectivity index (χ3v) is 3.61. The first-order valence-corrected chi connectivity index (χ1v) is 5.95. The number of ether oxygens (including phenoxy) is 1. The number of hydrazine groups is 1. The van der Waals surface area contributed by atoms with Crippen LogP contribution in [0.3, 0.4) is 0 Å². The third-order valence-electron chi connectivity index (χ3n) is 3.61. The molecule has 1 saturated carbocycles. The topological polar surface area (TPSA) is 47.3 Å². The summed E-state index contributed by atoms with van der Waals surface area (Å²) >= 11 is 0. The van der Waals surface area contributed by atoms with Crippen LogP contribution in [0.5, 0.6) is 5.75 Å². The first-order valence-electron chi connectivity index (χ1n) is 5.95. The van der Waals surface area contributed by atoms with Crippen LogP contribution >= 0.6 is 0 Å². The van der Waals surface area contributed by atoms with Crippen LogP contribution in [0.2, 0.25) is 0 Å². The Morgan fingerprint density at radius 3 is 2.82 bits per heavy atom. The van der Waals surface area contributed by atoms with E-state index in [0.29, 0.717) is 29.6 Å². The van der Waals surface area contributed by atoms with E-state index in [9.17, 15) is 4.39 Å². The van der Waals surface area contributed by atoms with Gasteiger partial charge in [-0.15, -0.1) is 0 Å². The van der Waals surface area contributed by atoms with E-state index in [2.05, 4.69) is 12.3 Å². The number of hydrogen-bond acceptors (Lipinski definition) is 3. The van der Waals surface area contributed by atoms with Crippen molar-refractivity contribution in [1.82, 2.24) is 5.43 Å². The summed E-state index contributed by atoms with van der Waals surface area (Å²) in [6.07, 6.45) is 1.77. The molecule has 0 heterocycles. The second-order valence-corrected chi connectivity index (χ2v) is 4.79. The Morgan fingerprint density at radius 1 is 1.59 bits per heavy atom.